The van der Waals surface area contributed by atoms with Crippen molar-refractivity contribution in [2.75, 3.05) is 13.2 Å². The lowest BCUT2D eigenvalue weighted by molar-refractivity contribution is -0.176. The highest BCUT2D eigenvalue weighted by molar-refractivity contribution is 7.11. The number of guanidine groups is 1. The summed E-state index contributed by atoms with van der Waals surface area (Å²) in [4.78, 5) is 10.2. The van der Waals surface area contributed by atoms with Crippen molar-refractivity contribution in [2.45, 2.75) is 46.6 Å². The predicted molar refractivity (Wildman–Crippen MR) is 105 cm³/mol. The highest BCUT2D eigenvalue weighted by Crippen LogP contribution is 2.17. The second kappa shape index (κ2) is 10.4. The van der Waals surface area contributed by atoms with E-state index in [1.807, 2.05) is 26.8 Å². The lowest BCUT2D eigenvalue weighted by atomic mass is 10.1. The third-order valence-corrected chi connectivity index (χ3v) is 4.84. The van der Waals surface area contributed by atoms with Gasteiger partial charge in [-0.2, -0.15) is 13.2 Å². The number of rotatable bonds is 8. The molecular formula is C19H25F3N4OS. The Morgan fingerprint density at radius 2 is 1.96 bits per heavy atom. The fourth-order valence-electron chi connectivity index (χ4n) is 2.39. The van der Waals surface area contributed by atoms with Crippen molar-refractivity contribution in [3.05, 3.63) is 51.0 Å². The molecule has 5 nitrogen and oxygen atoms in total. The van der Waals surface area contributed by atoms with Gasteiger partial charge in [0, 0.05) is 11.4 Å². The Bertz CT molecular complexity index is 770. The Labute approximate surface area is 167 Å². The van der Waals surface area contributed by atoms with Gasteiger partial charge in [0.1, 0.15) is 11.6 Å². The SMILES string of the molecule is CCNC(=NCc1cccc(COCC(F)(F)F)c1)NCc1nc(C)c(C)s1. The van der Waals surface area contributed by atoms with Crippen LogP contribution in [-0.2, 0) is 24.4 Å². The van der Waals surface area contributed by atoms with Gasteiger partial charge in [0.05, 0.1) is 25.4 Å². The van der Waals surface area contributed by atoms with Crippen molar-refractivity contribution in [2.24, 2.45) is 4.99 Å². The fourth-order valence-corrected chi connectivity index (χ4v) is 3.26. The first-order chi connectivity index (χ1) is 13.3. The van der Waals surface area contributed by atoms with E-state index < -0.39 is 12.8 Å². The highest BCUT2D eigenvalue weighted by atomic mass is 32.1. The molecule has 0 aliphatic heterocycles. The Morgan fingerprint density at radius 1 is 1.21 bits per heavy atom. The van der Waals surface area contributed by atoms with Crippen LogP contribution in [0.15, 0.2) is 29.3 Å². The number of hydrogen-bond donors (Lipinski definition) is 2. The molecule has 2 N–H and O–H groups in total. The molecule has 0 aliphatic rings. The van der Waals surface area contributed by atoms with Gasteiger partial charge < -0.3 is 15.4 Å². The van der Waals surface area contributed by atoms with E-state index >= 15 is 0 Å². The number of ether oxygens (including phenoxy) is 1. The first kappa shape index (κ1) is 22.2. The summed E-state index contributed by atoms with van der Waals surface area (Å²) in [6.07, 6.45) is -4.32. The zero-order valence-electron chi connectivity index (χ0n) is 16.2. The van der Waals surface area contributed by atoms with E-state index in [2.05, 4.69) is 20.6 Å². The summed E-state index contributed by atoms with van der Waals surface area (Å²) in [5.41, 5.74) is 2.61. The van der Waals surface area contributed by atoms with Gasteiger partial charge in [0.2, 0.25) is 0 Å². The molecule has 0 amide bonds. The molecule has 0 saturated heterocycles. The number of nitrogens with one attached hydrogen (secondary N) is 2. The number of thiazole rings is 1. The molecule has 154 valence electrons. The molecule has 1 heterocycles. The summed E-state index contributed by atoms with van der Waals surface area (Å²) in [6.45, 7) is 6.37. The van der Waals surface area contributed by atoms with Crippen LogP contribution >= 0.6 is 11.3 Å². The summed E-state index contributed by atoms with van der Waals surface area (Å²) in [5, 5.41) is 7.42. The van der Waals surface area contributed by atoms with Crippen LogP contribution in [0.1, 0.15) is 33.6 Å². The van der Waals surface area contributed by atoms with Crippen molar-refractivity contribution in [1.29, 1.82) is 0 Å². The Balaban J connectivity index is 1.93. The zero-order chi connectivity index (χ0) is 20.6. The quantitative estimate of drug-likeness (QED) is 0.505. The summed E-state index contributed by atoms with van der Waals surface area (Å²) in [6, 6.07) is 7.21. The van der Waals surface area contributed by atoms with Gasteiger partial charge in [-0.3, -0.25) is 0 Å². The molecule has 0 bridgehead atoms. The molecule has 1 aromatic heterocycles. The average Bonchev–Trinajstić information content (AvgIpc) is 2.94. The van der Waals surface area contributed by atoms with Crippen molar-refractivity contribution in [1.82, 2.24) is 15.6 Å². The molecule has 0 radical (unpaired) electrons. The normalized spacial score (nSPS) is 12.3. The third-order valence-electron chi connectivity index (χ3n) is 3.77. The number of hydrogen-bond acceptors (Lipinski definition) is 4. The fraction of sp³-hybridized carbons (Fsp3) is 0.474. The number of aliphatic imine (C=N–C) groups is 1. The van der Waals surface area contributed by atoms with Crippen LogP contribution < -0.4 is 10.6 Å². The van der Waals surface area contributed by atoms with E-state index in [0.29, 0.717) is 31.2 Å². The van der Waals surface area contributed by atoms with Crippen molar-refractivity contribution in [3.63, 3.8) is 0 Å². The summed E-state index contributed by atoms with van der Waals surface area (Å²) in [5.74, 6) is 0.659. The molecule has 2 rings (SSSR count). The van der Waals surface area contributed by atoms with E-state index in [-0.39, 0.29) is 6.61 Å². The van der Waals surface area contributed by atoms with Crippen LogP contribution in [-0.4, -0.2) is 30.3 Å². The van der Waals surface area contributed by atoms with E-state index in [0.717, 1.165) is 16.3 Å². The largest absolute Gasteiger partial charge is 0.411 e. The van der Waals surface area contributed by atoms with E-state index in [4.69, 9.17) is 4.74 Å². The molecule has 0 spiro atoms. The molecule has 0 atom stereocenters. The topological polar surface area (TPSA) is 58.5 Å². The summed E-state index contributed by atoms with van der Waals surface area (Å²) < 4.78 is 41.2. The first-order valence-electron chi connectivity index (χ1n) is 8.94. The Hall–Kier alpha value is -2.13. The van der Waals surface area contributed by atoms with E-state index in [1.165, 1.54) is 4.88 Å². The number of halogens is 3. The van der Waals surface area contributed by atoms with Gasteiger partial charge in [0.25, 0.3) is 0 Å². The molecule has 9 heteroatoms. The summed E-state index contributed by atoms with van der Waals surface area (Å²) >= 11 is 1.65. The molecule has 0 fully saturated rings. The van der Waals surface area contributed by atoms with E-state index in [9.17, 15) is 13.2 Å². The second-order valence-electron chi connectivity index (χ2n) is 6.23. The molecule has 0 aliphatic carbocycles. The second-order valence-corrected chi connectivity index (χ2v) is 7.51. The van der Waals surface area contributed by atoms with Gasteiger partial charge in [-0.05, 0) is 31.9 Å². The lowest BCUT2D eigenvalue weighted by Crippen LogP contribution is -2.36. The number of nitrogens with zero attached hydrogens (tertiary/aromatic N) is 2. The molecule has 1 aromatic carbocycles. The predicted octanol–water partition coefficient (Wildman–Crippen LogP) is 4.09. The van der Waals surface area contributed by atoms with Crippen LogP contribution in [0.25, 0.3) is 0 Å². The van der Waals surface area contributed by atoms with Crippen LogP contribution in [0.5, 0.6) is 0 Å². The Kier molecular flexibility index (Phi) is 8.25. The van der Waals surface area contributed by atoms with Crippen molar-refractivity contribution < 1.29 is 17.9 Å². The van der Waals surface area contributed by atoms with Gasteiger partial charge in [0.15, 0.2) is 5.96 Å². The maximum Gasteiger partial charge on any atom is 0.411 e. The van der Waals surface area contributed by atoms with Crippen LogP contribution in [0.2, 0.25) is 0 Å². The van der Waals surface area contributed by atoms with Gasteiger partial charge in [-0.1, -0.05) is 24.3 Å². The lowest BCUT2D eigenvalue weighted by Gasteiger charge is -2.11. The van der Waals surface area contributed by atoms with Crippen LogP contribution in [0.4, 0.5) is 13.2 Å². The summed E-state index contributed by atoms with van der Waals surface area (Å²) in [7, 11) is 0. The van der Waals surface area contributed by atoms with Gasteiger partial charge in [-0.15, -0.1) is 11.3 Å². The molecule has 28 heavy (non-hydrogen) atoms. The average molecular weight is 414 g/mol. The Morgan fingerprint density at radius 3 is 2.61 bits per heavy atom. The zero-order valence-corrected chi connectivity index (χ0v) is 17.0. The maximum atomic E-state index is 12.2. The smallest absolute Gasteiger partial charge is 0.367 e. The van der Waals surface area contributed by atoms with Gasteiger partial charge in [-0.25, -0.2) is 9.98 Å². The standard InChI is InChI=1S/C19H25F3N4OS/c1-4-23-18(25-10-17-26-13(2)14(3)28-17)24-9-15-6-5-7-16(8-15)11-27-12-19(20,21)22/h5-8H,4,9-12H2,1-3H3,(H2,23,24,25). The first-order valence-corrected chi connectivity index (χ1v) is 9.76. The van der Waals surface area contributed by atoms with Crippen molar-refractivity contribution >= 4 is 17.3 Å². The molecule has 2 aromatic rings. The highest BCUT2D eigenvalue weighted by Gasteiger charge is 2.27. The molecular weight excluding hydrogens is 389 g/mol. The number of aryl methyl sites for hydroxylation is 2. The van der Waals surface area contributed by atoms with Gasteiger partial charge >= 0.3 is 6.18 Å². The van der Waals surface area contributed by atoms with Crippen LogP contribution in [0.3, 0.4) is 0 Å². The number of alkyl halides is 3. The maximum absolute atomic E-state index is 12.2. The number of benzene rings is 1. The molecule has 0 saturated carbocycles. The van der Waals surface area contributed by atoms with Crippen molar-refractivity contribution in [3.8, 4) is 0 Å². The third kappa shape index (κ3) is 7.85. The minimum Gasteiger partial charge on any atom is -0.367 e. The van der Waals surface area contributed by atoms with E-state index in [1.54, 1.807) is 29.5 Å². The minimum atomic E-state index is -4.32. The molecule has 0 unspecified atom stereocenters. The van der Waals surface area contributed by atoms with Crippen LogP contribution in [0, 0.1) is 13.8 Å². The monoisotopic (exact) mass is 414 g/mol. The number of aromatic nitrogens is 1. The minimum absolute atomic E-state index is 0.0852.